The molecule has 0 heterocycles. The summed E-state index contributed by atoms with van der Waals surface area (Å²) in [6.07, 6.45) is 41.7. The summed E-state index contributed by atoms with van der Waals surface area (Å²) in [5.74, 6) is 0.00707. The minimum atomic E-state index is -0.0214. The second-order valence-corrected chi connectivity index (χ2v) is 15.8. The maximum atomic E-state index is 12.6. The zero-order valence-corrected chi connectivity index (χ0v) is 37.6. The van der Waals surface area contributed by atoms with Crippen LogP contribution >= 0.6 is 0 Å². The number of rotatable bonds is 39. The molecule has 0 aliphatic heterocycles. The molecule has 0 atom stereocenters. The summed E-state index contributed by atoms with van der Waals surface area (Å²) >= 11 is 0. The van der Waals surface area contributed by atoms with Gasteiger partial charge in [-0.25, -0.2) is 0 Å². The summed E-state index contributed by atoms with van der Waals surface area (Å²) in [6.45, 7) is 18.0. The van der Waals surface area contributed by atoms with E-state index in [0.717, 1.165) is 64.5 Å². The molecule has 0 aromatic carbocycles. The van der Waals surface area contributed by atoms with E-state index in [0.29, 0.717) is 19.4 Å². The number of unbranched alkanes of at least 4 members (excludes halogenated alkanes) is 24. The first-order chi connectivity index (χ1) is 26.0. The van der Waals surface area contributed by atoms with E-state index in [9.17, 15) is 9.59 Å². The highest BCUT2D eigenvalue weighted by Gasteiger charge is 2.14. The molecule has 0 saturated heterocycles. The zero-order chi connectivity index (χ0) is 39.7. The van der Waals surface area contributed by atoms with Gasteiger partial charge in [0.1, 0.15) is 6.10 Å². The molecular weight excluding hydrogens is 655 g/mol. The molecule has 0 amide bonds. The van der Waals surface area contributed by atoms with Crippen molar-refractivity contribution >= 4 is 11.9 Å². The molecule has 1 N–H and O–H groups in total. The van der Waals surface area contributed by atoms with Crippen LogP contribution in [0.5, 0.6) is 0 Å². The highest BCUT2D eigenvalue weighted by molar-refractivity contribution is 5.69. The van der Waals surface area contributed by atoms with Gasteiger partial charge in [0.2, 0.25) is 0 Å². The van der Waals surface area contributed by atoms with E-state index >= 15 is 0 Å². The minimum absolute atomic E-state index is 0.0214. The van der Waals surface area contributed by atoms with Crippen molar-refractivity contribution in [3.63, 3.8) is 0 Å². The topological polar surface area (TPSA) is 64.6 Å². The summed E-state index contributed by atoms with van der Waals surface area (Å²) in [6, 6.07) is 0. The summed E-state index contributed by atoms with van der Waals surface area (Å²) in [4.78, 5) is 24.5. The number of carbonyl (C=O) groups excluding carboxylic acids is 2. The van der Waals surface area contributed by atoms with Crippen LogP contribution < -0.4 is 5.32 Å². The quantitative estimate of drug-likeness (QED) is 0.0500. The van der Waals surface area contributed by atoms with Crippen molar-refractivity contribution in [1.82, 2.24) is 5.32 Å². The summed E-state index contributed by atoms with van der Waals surface area (Å²) in [5.41, 5.74) is 0. The third-order valence-corrected chi connectivity index (χ3v) is 9.54. The van der Waals surface area contributed by atoms with E-state index in [-0.39, 0.29) is 18.0 Å². The maximum Gasteiger partial charge on any atom is 0.306 e. The first-order valence-electron chi connectivity index (χ1n) is 24.0. The van der Waals surface area contributed by atoms with Gasteiger partial charge in [-0.2, -0.15) is 0 Å². The minimum Gasteiger partial charge on any atom is -0.466 e. The average molecular weight is 754 g/mol. The van der Waals surface area contributed by atoms with Crippen molar-refractivity contribution in [2.45, 2.75) is 279 Å². The van der Waals surface area contributed by atoms with Gasteiger partial charge in [-0.05, 0) is 70.9 Å². The van der Waals surface area contributed by atoms with E-state index in [1.165, 1.54) is 161 Å². The molecule has 0 unspecified atom stereocenters. The third kappa shape index (κ3) is 55.3. The van der Waals surface area contributed by atoms with Gasteiger partial charge in [0.05, 0.1) is 6.61 Å². The Morgan fingerprint density at radius 1 is 0.396 bits per heavy atom. The first-order valence-corrected chi connectivity index (χ1v) is 24.0. The van der Waals surface area contributed by atoms with Crippen LogP contribution in [0, 0.1) is 0 Å². The van der Waals surface area contributed by atoms with Crippen LogP contribution in [-0.4, -0.2) is 37.7 Å². The Hall–Kier alpha value is -1.10. The fourth-order valence-corrected chi connectivity index (χ4v) is 6.35. The standard InChI is InChI=1S/C42H83NO4.2C3H8/c1-4-7-10-13-16-17-18-24-32-39-46-41(44)35-29-25-31-38-43-37-30-23-19-22-28-36-42(45)47-40(33-26-20-14-11-8-5-2)34-27-21-15-12-9-6-3;2*1-3-2/h40,43H,4-39H2,1-3H3;2*3H2,1-2H3. The number of hydrogen-bond acceptors (Lipinski definition) is 5. The van der Waals surface area contributed by atoms with Crippen molar-refractivity contribution in [3.05, 3.63) is 0 Å². The van der Waals surface area contributed by atoms with Crippen molar-refractivity contribution in [1.29, 1.82) is 0 Å². The molecule has 0 spiro atoms. The van der Waals surface area contributed by atoms with E-state index in [2.05, 4.69) is 53.8 Å². The van der Waals surface area contributed by atoms with Crippen molar-refractivity contribution in [3.8, 4) is 0 Å². The highest BCUT2D eigenvalue weighted by atomic mass is 16.5. The van der Waals surface area contributed by atoms with E-state index in [4.69, 9.17) is 9.47 Å². The van der Waals surface area contributed by atoms with Gasteiger partial charge in [-0.15, -0.1) is 0 Å². The van der Waals surface area contributed by atoms with Crippen LogP contribution in [0.2, 0.25) is 0 Å². The molecule has 0 bridgehead atoms. The summed E-state index contributed by atoms with van der Waals surface area (Å²) in [5, 5.41) is 3.55. The second-order valence-electron chi connectivity index (χ2n) is 15.8. The molecule has 0 aromatic heterocycles. The molecule has 0 fully saturated rings. The van der Waals surface area contributed by atoms with Gasteiger partial charge in [0, 0.05) is 12.8 Å². The lowest BCUT2D eigenvalue weighted by Crippen LogP contribution is -2.18. The zero-order valence-electron chi connectivity index (χ0n) is 37.6. The van der Waals surface area contributed by atoms with Gasteiger partial charge < -0.3 is 14.8 Å². The van der Waals surface area contributed by atoms with Gasteiger partial charge in [-0.3, -0.25) is 9.59 Å². The third-order valence-electron chi connectivity index (χ3n) is 9.54. The molecule has 0 aliphatic rings. The maximum absolute atomic E-state index is 12.6. The molecule has 320 valence electrons. The Morgan fingerprint density at radius 2 is 0.717 bits per heavy atom. The van der Waals surface area contributed by atoms with Crippen LogP contribution in [0.4, 0.5) is 0 Å². The van der Waals surface area contributed by atoms with Crippen molar-refractivity contribution < 1.29 is 19.1 Å². The lowest BCUT2D eigenvalue weighted by Gasteiger charge is -2.18. The van der Waals surface area contributed by atoms with E-state index in [1.54, 1.807) is 0 Å². The molecular formula is C48H99NO4. The number of nitrogens with one attached hydrogen (secondary N) is 1. The lowest BCUT2D eigenvalue weighted by atomic mass is 10.0. The predicted octanol–water partition coefficient (Wildman–Crippen LogP) is 15.8. The Morgan fingerprint density at radius 3 is 1.15 bits per heavy atom. The smallest absolute Gasteiger partial charge is 0.306 e. The normalized spacial score (nSPS) is 10.8. The van der Waals surface area contributed by atoms with Crippen LogP contribution in [-0.2, 0) is 19.1 Å². The van der Waals surface area contributed by atoms with E-state index in [1.807, 2.05) is 0 Å². The van der Waals surface area contributed by atoms with Crippen molar-refractivity contribution in [2.24, 2.45) is 0 Å². The Bertz CT molecular complexity index is 652. The van der Waals surface area contributed by atoms with Crippen LogP contribution in [0.1, 0.15) is 273 Å². The van der Waals surface area contributed by atoms with Gasteiger partial charge in [0.15, 0.2) is 0 Å². The lowest BCUT2D eigenvalue weighted by molar-refractivity contribution is -0.150. The van der Waals surface area contributed by atoms with E-state index < -0.39 is 0 Å². The highest BCUT2D eigenvalue weighted by Crippen LogP contribution is 2.18. The molecule has 0 aliphatic carbocycles. The molecule has 53 heavy (non-hydrogen) atoms. The molecule has 0 saturated carbocycles. The molecule has 5 heteroatoms. The van der Waals surface area contributed by atoms with Gasteiger partial charge in [0.25, 0.3) is 0 Å². The largest absolute Gasteiger partial charge is 0.466 e. The number of esters is 2. The van der Waals surface area contributed by atoms with Crippen LogP contribution in [0.25, 0.3) is 0 Å². The van der Waals surface area contributed by atoms with Crippen LogP contribution in [0.3, 0.4) is 0 Å². The summed E-state index contributed by atoms with van der Waals surface area (Å²) < 4.78 is 11.4. The fraction of sp³-hybridized carbons (Fsp3) is 0.958. The second kappa shape index (κ2) is 53.0. The first kappa shape index (κ1) is 56.2. The number of hydrogen-bond donors (Lipinski definition) is 1. The molecule has 0 radical (unpaired) electrons. The molecule has 0 rings (SSSR count). The number of ether oxygens (including phenoxy) is 2. The number of carbonyl (C=O) groups is 2. The molecule has 0 aromatic rings. The fourth-order valence-electron chi connectivity index (χ4n) is 6.35. The van der Waals surface area contributed by atoms with Gasteiger partial charge in [-0.1, -0.05) is 203 Å². The average Bonchev–Trinajstić information content (AvgIpc) is 3.14. The Balaban J connectivity index is -0.00000387. The SMILES string of the molecule is CCC.CCC.CCCCCCCCCCCOC(=O)CCCCCNCCCCCCCC(=O)OC(CCCCCCCC)CCCCCCCC. The Kier molecular flexibility index (Phi) is 56.2. The monoisotopic (exact) mass is 754 g/mol. The van der Waals surface area contributed by atoms with Gasteiger partial charge >= 0.3 is 11.9 Å². The Labute approximate surface area is 334 Å². The predicted molar refractivity (Wildman–Crippen MR) is 235 cm³/mol. The van der Waals surface area contributed by atoms with Crippen molar-refractivity contribution in [2.75, 3.05) is 19.7 Å². The summed E-state index contributed by atoms with van der Waals surface area (Å²) in [7, 11) is 0. The van der Waals surface area contributed by atoms with Crippen LogP contribution in [0.15, 0.2) is 0 Å². The molecule has 5 nitrogen and oxygen atoms in total.